The number of β-amino-alcohol motifs (C(OH)–C–C–N with tert-alkyl or cyclic N) is 1. The lowest BCUT2D eigenvalue weighted by molar-refractivity contribution is -0.104. The smallest absolute Gasteiger partial charge is 0.410 e. The van der Waals surface area contributed by atoms with Gasteiger partial charge < -0.3 is 29.7 Å². The Hall–Kier alpha value is -4.61. The van der Waals surface area contributed by atoms with Gasteiger partial charge in [-0.15, -0.1) is 0 Å². The number of nitrogens with zero attached hydrogens (tertiary/aromatic N) is 5. The summed E-state index contributed by atoms with van der Waals surface area (Å²) in [7, 11) is 0. The van der Waals surface area contributed by atoms with Crippen LogP contribution in [0.2, 0.25) is 0 Å². The molecule has 0 aliphatic carbocycles. The molecule has 2 amide bonds. The minimum Gasteiger partial charge on any atom is -0.444 e. The van der Waals surface area contributed by atoms with Gasteiger partial charge in [0, 0.05) is 30.2 Å². The van der Waals surface area contributed by atoms with Crippen LogP contribution in [0.4, 0.5) is 10.6 Å². The predicted octanol–water partition coefficient (Wildman–Crippen LogP) is 4.98. The van der Waals surface area contributed by atoms with Gasteiger partial charge in [-0.1, -0.05) is 12.1 Å². The van der Waals surface area contributed by atoms with Crippen molar-refractivity contribution in [3.8, 4) is 11.4 Å². The number of likely N-dealkylation sites (tertiary alicyclic amines) is 1. The molecule has 2 saturated heterocycles. The summed E-state index contributed by atoms with van der Waals surface area (Å²) in [6.07, 6.45) is 1.54. The molecule has 2 aliphatic heterocycles. The number of rotatable bonds is 6. The topological polar surface area (TPSA) is 130 Å². The number of aromatic nitrogens is 3. The van der Waals surface area contributed by atoms with Crippen LogP contribution in [-0.2, 0) is 21.6 Å². The maximum Gasteiger partial charge on any atom is 0.410 e. The van der Waals surface area contributed by atoms with Crippen molar-refractivity contribution in [3.63, 3.8) is 0 Å². The van der Waals surface area contributed by atoms with Gasteiger partial charge in [-0.2, -0.15) is 0 Å². The molecule has 0 radical (unpaired) electrons. The van der Waals surface area contributed by atoms with Crippen LogP contribution in [0.25, 0.3) is 22.3 Å². The number of ether oxygens (including phenoxy) is 2. The number of amides is 2. The Balaban J connectivity index is 1.13. The second-order valence-electron chi connectivity index (χ2n) is 13.7. The molecule has 2 fully saturated rings. The number of fused-ring (bicyclic) bond motifs is 1. The fourth-order valence-electron chi connectivity index (χ4n) is 6.15. The van der Waals surface area contributed by atoms with Crippen LogP contribution < -0.4 is 10.2 Å². The standard InChI is InChI=1S/C36H42N6O5/c1-22-10-11-25(14-28(22)36(45)20-42(21-36)34(44)47-35(4,5)6)33(43)38-17-27-15-31-26(16-37-27)12-13-30(39-31)29-8-7-9-32(40-29)41-18-23(2)46-24(3)19-41/h7-16,23-24,45H,17-21H2,1-6H3,(H,38,43)/t23-,24+. The molecule has 11 nitrogen and oxygen atoms in total. The van der Waals surface area contributed by atoms with Crippen LogP contribution in [0, 0.1) is 6.92 Å². The van der Waals surface area contributed by atoms with Crippen molar-refractivity contribution in [1.82, 2.24) is 25.2 Å². The molecule has 0 bridgehead atoms. The lowest BCUT2D eigenvalue weighted by atomic mass is 9.83. The molecule has 0 spiro atoms. The first-order valence-electron chi connectivity index (χ1n) is 16.0. The number of morpholine rings is 1. The minimum absolute atomic E-state index is 0.0925. The summed E-state index contributed by atoms with van der Waals surface area (Å²) in [6.45, 7) is 13.4. The first-order valence-corrected chi connectivity index (χ1v) is 16.0. The fourth-order valence-corrected chi connectivity index (χ4v) is 6.15. The van der Waals surface area contributed by atoms with E-state index >= 15 is 0 Å². The van der Waals surface area contributed by atoms with Crippen molar-refractivity contribution in [3.05, 3.63) is 83.2 Å². The Morgan fingerprint density at radius 2 is 1.74 bits per heavy atom. The van der Waals surface area contributed by atoms with Crippen LogP contribution in [0.15, 0.2) is 60.8 Å². The summed E-state index contributed by atoms with van der Waals surface area (Å²) >= 11 is 0. The van der Waals surface area contributed by atoms with Gasteiger partial charge in [0.15, 0.2) is 0 Å². The first-order chi connectivity index (χ1) is 22.3. The van der Waals surface area contributed by atoms with Crippen molar-refractivity contribution in [2.75, 3.05) is 31.1 Å². The van der Waals surface area contributed by atoms with Gasteiger partial charge in [-0.05, 0) is 95.1 Å². The van der Waals surface area contributed by atoms with Crippen molar-refractivity contribution in [2.45, 2.75) is 71.5 Å². The van der Waals surface area contributed by atoms with E-state index in [1.165, 1.54) is 4.90 Å². The Morgan fingerprint density at radius 3 is 2.47 bits per heavy atom. The molecular formula is C36H42N6O5. The average Bonchev–Trinajstić information content (AvgIpc) is 3.00. The van der Waals surface area contributed by atoms with Crippen molar-refractivity contribution >= 4 is 28.7 Å². The number of nitrogens with one attached hydrogen (secondary N) is 1. The van der Waals surface area contributed by atoms with E-state index in [9.17, 15) is 14.7 Å². The molecule has 1 aromatic carbocycles. The second-order valence-corrected chi connectivity index (χ2v) is 13.7. The Labute approximate surface area is 274 Å². The SMILES string of the molecule is Cc1ccc(C(=O)NCc2cc3nc(-c4cccc(N5C[C@@H](C)O[C@@H](C)C5)n4)ccc3cn2)cc1C1(O)CN(C(=O)OC(C)(C)C)C1. The minimum atomic E-state index is -1.26. The van der Waals surface area contributed by atoms with E-state index in [1.54, 1.807) is 45.2 Å². The van der Waals surface area contributed by atoms with Gasteiger partial charge in [0.1, 0.15) is 17.0 Å². The van der Waals surface area contributed by atoms with Gasteiger partial charge >= 0.3 is 6.09 Å². The number of benzene rings is 1. The molecular weight excluding hydrogens is 596 g/mol. The van der Waals surface area contributed by atoms with E-state index in [-0.39, 0.29) is 37.7 Å². The number of carbonyl (C=O) groups excluding carboxylic acids is 2. The molecule has 0 saturated carbocycles. The highest BCUT2D eigenvalue weighted by Crippen LogP contribution is 2.35. The normalized spacial score (nSPS) is 19.3. The molecule has 2 atom stereocenters. The van der Waals surface area contributed by atoms with Crippen molar-refractivity contribution < 1.29 is 24.2 Å². The summed E-state index contributed by atoms with van der Waals surface area (Å²) < 4.78 is 11.3. The number of hydrogen-bond donors (Lipinski definition) is 2. The highest BCUT2D eigenvalue weighted by Gasteiger charge is 2.47. The number of anilines is 1. The molecule has 3 aromatic heterocycles. The molecule has 5 heterocycles. The van der Waals surface area contributed by atoms with Crippen molar-refractivity contribution in [1.29, 1.82) is 0 Å². The van der Waals surface area contributed by atoms with Gasteiger partial charge in [0.2, 0.25) is 0 Å². The maximum atomic E-state index is 13.2. The summed E-state index contributed by atoms with van der Waals surface area (Å²) in [5, 5.41) is 15.1. The first kappa shape index (κ1) is 32.3. The zero-order valence-corrected chi connectivity index (χ0v) is 27.8. The van der Waals surface area contributed by atoms with Gasteiger partial charge in [0.25, 0.3) is 5.91 Å². The predicted molar refractivity (Wildman–Crippen MR) is 179 cm³/mol. The lowest BCUT2D eigenvalue weighted by Gasteiger charge is -2.47. The molecule has 11 heteroatoms. The van der Waals surface area contributed by atoms with Crippen molar-refractivity contribution in [2.24, 2.45) is 0 Å². The Morgan fingerprint density at radius 1 is 1.02 bits per heavy atom. The van der Waals surface area contributed by atoms with E-state index in [0.29, 0.717) is 16.8 Å². The summed E-state index contributed by atoms with van der Waals surface area (Å²) in [5.41, 5.74) is 2.91. The fraction of sp³-hybridized carbons (Fsp3) is 0.417. The zero-order valence-electron chi connectivity index (χ0n) is 27.8. The lowest BCUT2D eigenvalue weighted by Crippen LogP contribution is -2.62. The molecule has 2 N–H and O–H groups in total. The monoisotopic (exact) mass is 638 g/mol. The number of aliphatic hydroxyl groups is 1. The van der Waals surface area contributed by atoms with Gasteiger partial charge in [-0.25, -0.2) is 14.8 Å². The highest BCUT2D eigenvalue weighted by molar-refractivity contribution is 5.94. The quantitative estimate of drug-likeness (QED) is 0.300. The number of hydrogen-bond acceptors (Lipinski definition) is 9. The third-order valence-corrected chi connectivity index (χ3v) is 8.36. The third kappa shape index (κ3) is 7.21. The van der Waals surface area contributed by atoms with E-state index in [4.69, 9.17) is 19.4 Å². The van der Waals surface area contributed by atoms with Gasteiger partial charge in [-0.3, -0.25) is 9.78 Å². The largest absolute Gasteiger partial charge is 0.444 e. The molecule has 2 aliphatic rings. The molecule has 4 aromatic rings. The molecule has 0 unspecified atom stereocenters. The average molecular weight is 639 g/mol. The summed E-state index contributed by atoms with van der Waals surface area (Å²) in [4.78, 5) is 43.7. The summed E-state index contributed by atoms with van der Waals surface area (Å²) in [6, 6.07) is 17.0. The van der Waals surface area contributed by atoms with E-state index in [1.807, 2.05) is 43.3 Å². The Kier molecular flexibility index (Phi) is 8.62. The molecule has 47 heavy (non-hydrogen) atoms. The van der Waals surface area contributed by atoms with E-state index in [2.05, 4.69) is 29.0 Å². The number of carbonyl (C=O) groups is 2. The van der Waals surface area contributed by atoms with Crippen LogP contribution in [-0.4, -0.2) is 80.9 Å². The Bertz CT molecular complexity index is 1810. The van der Waals surface area contributed by atoms with E-state index < -0.39 is 17.3 Å². The van der Waals surface area contributed by atoms with Gasteiger partial charge in [0.05, 0.1) is 54.4 Å². The van der Waals surface area contributed by atoms with E-state index in [0.717, 1.165) is 46.8 Å². The van der Waals surface area contributed by atoms with Crippen LogP contribution in [0.1, 0.15) is 61.8 Å². The van der Waals surface area contributed by atoms with Crippen LogP contribution >= 0.6 is 0 Å². The number of pyridine rings is 3. The van der Waals surface area contributed by atoms with Crippen LogP contribution in [0.5, 0.6) is 0 Å². The molecule has 246 valence electrons. The zero-order chi connectivity index (χ0) is 33.5. The summed E-state index contributed by atoms with van der Waals surface area (Å²) in [5.74, 6) is 0.600. The highest BCUT2D eigenvalue weighted by atomic mass is 16.6. The maximum absolute atomic E-state index is 13.2. The van der Waals surface area contributed by atoms with Crippen LogP contribution in [0.3, 0.4) is 0 Å². The third-order valence-electron chi connectivity index (χ3n) is 8.36. The molecule has 6 rings (SSSR count). The second kappa shape index (κ2) is 12.5. The number of aryl methyl sites for hydroxylation is 1.